The first kappa shape index (κ1) is 28.0. The van der Waals surface area contributed by atoms with Crippen LogP contribution in [0.15, 0.2) is 23.8 Å². The second-order valence-corrected chi connectivity index (χ2v) is 8.77. The Hall–Kier alpha value is -2.03. The molecule has 3 N–H and O–H groups in total. The van der Waals surface area contributed by atoms with Crippen molar-refractivity contribution in [3.8, 4) is 0 Å². The average Bonchev–Trinajstić information content (AvgIpc) is 2.74. The Morgan fingerprint density at radius 1 is 1.22 bits per heavy atom. The summed E-state index contributed by atoms with van der Waals surface area (Å²) in [6.45, 7) is 7.11. The van der Waals surface area contributed by atoms with Crippen LogP contribution in [-0.4, -0.2) is 64.6 Å². The zero-order valence-electron chi connectivity index (χ0n) is 19.7. The fourth-order valence-corrected chi connectivity index (χ4v) is 3.85. The number of rotatable bonds is 8. The van der Waals surface area contributed by atoms with Gasteiger partial charge in [0.25, 0.3) is 0 Å². The number of methoxy groups -OCH3 is 1. The third-order valence-electron chi connectivity index (χ3n) is 5.99. The Bertz CT molecular complexity index is 698. The maximum Gasteiger partial charge on any atom is 0.338 e. The van der Waals surface area contributed by atoms with Gasteiger partial charge in [-0.05, 0) is 37.7 Å². The molecule has 0 amide bonds. The quantitative estimate of drug-likeness (QED) is 0.377. The van der Waals surface area contributed by atoms with E-state index in [9.17, 15) is 24.6 Å². The number of ether oxygens (including phenoxy) is 2. The Balaban J connectivity index is 2.98. The lowest BCUT2D eigenvalue weighted by molar-refractivity contribution is -0.162. The van der Waals surface area contributed by atoms with Crippen molar-refractivity contribution in [2.45, 2.75) is 84.2 Å². The fourth-order valence-electron chi connectivity index (χ4n) is 3.85. The summed E-state index contributed by atoms with van der Waals surface area (Å²) in [6.07, 6.45) is 3.37. The fraction of sp³-hybridized carbons (Fsp3) is 0.708. The van der Waals surface area contributed by atoms with Crippen molar-refractivity contribution in [2.75, 3.05) is 7.11 Å². The molecule has 1 aliphatic heterocycles. The van der Waals surface area contributed by atoms with Crippen molar-refractivity contribution < 1.29 is 39.2 Å². The normalized spacial score (nSPS) is 29.6. The molecule has 0 spiro atoms. The summed E-state index contributed by atoms with van der Waals surface area (Å²) < 4.78 is 10.7. The minimum atomic E-state index is -1.69. The van der Waals surface area contributed by atoms with Gasteiger partial charge in [-0.3, -0.25) is 9.59 Å². The lowest BCUT2D eigenvalue weighted by atomic mass is 9.87. The molecule has 0 aliphatic carbocycles. The summed E-state index contributed by atoms with van der Waals surface area (Å²) in [5, 5.41) is 29.2. The maximum absolute atomic E-state index is 12.8. The van der Waals surface area contributed by atoms with Crippen molar-refractivity contribution in [1.82, 2.24) is 0 Å². The number of hydrogen-bond donors (Lipinski definition) is 3. The van der Waals surface area contributed by atoms with E-state index in [-0.39, 0.29) is 18.1 Å². The standard InChI is InChI=1S/C24H38O8/c1-14-8-6-7-9-19(32-24(30)23(29)18(25)11-10-14)15(2)12-16(3)22(28)17(4)20(31-5)13-21(26)27/h10-12,14,16-20,23,25,29H,6-9,13H2,1-5H3,(H,26,27)/b11-10+,15-12+. The number of carbonyl (C=O) groups excluding carboxylic acids is 2. The Morgan fingerprint density at radius 2 is 1.84 bits per heavy atom. The van der Waals surface area contributed by atoms with Crippen molar-refractivity contribution >= 4 is 17.7 Å². The van der Waals surface area contributed by atoms with E-state index in [4.69, 9.17) is 14.6 Å². The number of carbonyl (C=O) groups is 3. The van der Waals surface area contributed by atoms with Crippen LogP contribution < -0.4 is 0 Å². The van der Waals surface area contributed by atoms with Crippen molar-refractivity contribution in [3.63, 3.8) is 0 Å². The van der Waals surface area contributed by atoms with Gasteiger partial charge in [0.1, 0.15) is 18.0 Å². The highest BCUT2D eigenvalue weighted by atomic mass is 16.6. The van der Waals surface area contributed by atoms with E-state index in [1.54, 1.807) is 32.9 Å². The van der Waals surface area contributed by atoms with Crippen LogP contribution in [0.3, 0.4) is 0 Å². The molecule has 7 unspecified atom stereocenters. The highest BCUT2D eigenvalue weighted by molar-refractivity contribution is 5.85. The van der Waals surface area contributed by atoms with Crippen LogP contribution in [0.25, 0.3) is 0 Å². The number of hydrogen-bond acceptors (Lipinski definition) is 7. The highest BCUT2D eigenvalue weighted by Gasteiger charge is 2.30. The smallest absolute Gasteiger partial charge is 0.338 e. The molecule has 32 heavy (non-hydrogen) atoms. The minimum Gasteiger partial charge on any atom is -0.481 e. The molecule has 1 heterocycles. The van der Waals surface area contributed by atoms with E-state index < -0.39 is 48.2 Å². The van der Waals surface area contributed by atoms with Gasteiger partial charge in [0.15, 0.2) is 6.10 Å². The lowest BCUT2D eigenvalue weighted by Gasteiger charge is -2.25. The van der Waals surface area contributed by atoms with Crippen LogP contribution in [0, 0.1) is 17.8 Å². The van der Waals surface area contributed by atoms with Crippen LogP contribution in [0.5, 0.6) is 0 Å². The second kappa shape index (κ2) is 13.5. The van der Waals surface area contributed by atoms with Crippen LogP contribution >= 0.6 is 0 Å². The molecule has 0 aromatic heterocycles. The largest absolute Gasteiger partial charge is 0.481 e. The molecule has 0 saturated heterocycles. The number of Topliss-reactive ketones (excluding diaryl/α,β-unsaturated/α-hetero) is 1. The predicted molar refractivity (Wildman–Crippen MR) is 119 cm³/mol. The van der Waals surface area contributed by atoms with Gasteiger partial charge >= 0.3 is 11.9 Å². The van der Waals surface area contributed by atoms with Gasteiger partial charge in [-0.2, -0.15) is 0 Å². The average molecular weight is 455 g/mol. The number of allylic oxidation sites excluding steroid dienone is 2. The summed E-state index contributed by atoms with van der Waals surface area (Å²) in [5.41, 5.74) is 0.668. The zero-order chi connectivity index (χ0) is 24.4. The first-order valence-corrected chi connectivity index (χ1v) is 11.2. The number of esters is 1. The van der Waals surface area contributed by atoms with E-state index in [2.05, 4.69) is 0 Å². The van der Waals surface area contributed by atoms with Crippen LogP contribution in [0.4, 0.5) is 0 Å². The Kier molecular flexibility index (Phi) is 11.8. The SMILES string of the molecule is COC(CC(=O)O)C(C)C(=O)C(C)/C=C(\C)C1CCCCC(C)/C=C/C(O)C(O)C(=O)O1. The van der Waals surface area contributed by atoms with Gasteiger partial charge in [0.05, 0.1) is 12.5 Å². The predicted octanol–water partition coefficient (Wildman–Crippen LogP) is 2.66. The van der Waals surface area contributed by atoms with Crippen molar-refractivity contribution in [3.05, 3.63) is 23.8 Å². The molecule has 1 aliphatic rings. The van der Waals surface area contributed by atoms with Gasteiger partial charge in [0, 0.05) is 18.9 Å². The molecular formula is C24H38O8. The third-order valence-corrected chi connectivity index (χ3v) is 5.99. The van der Waals surface area contributed by atoms with Gasteiger partial charge in [-0.1, -0.05) is 45.4 Å². The van der Waals surface area contributed by atoms with Gasteiger partial charge < -0.3 is 24.8 Å². The van der Waals surface area contributed by atoms with Gasteiger partial charge in [-0.15, -0.1) is 0 Å². The Morgan fingerprint density at radius 3 is 2.44 bits per heavy atom. The molecule has 0 bridgehead atoms. The molecule has 0 aromatic rings. The highest BCUT2D eigenvalue weighted by Crippen LogP contribution is 2.23. The lowest BCUT2D eigenvalue weighted by Crippen LogP contribution is -2.37. The number of aliphatic carboxylic acids is 1. The molecule has 1 rings (SSSR count). The summed E-state index contributed by atoms with van der Waals surface area (Å²) in [4.78, 5) is 36.2. The molecule has 0 fully saturated rings. The van der Waals surface area contributed by atoms with Crippen molar-refractivity contribution in [1.29, 1.82) is 0 Å². The number of ketones is 1. The molecular weight excluding hydrogens is 416 g/mol. The summed E-state index contributed by atoms with van der Waals surface area (Å²) >= 11 is 0. The number of aliphatic hydroxyl groups excluding tert-OH is 2. The second-order valence-electron chi connectivity index (χ2n) is 8.77. The van der Waals surface area contributed by atoms with Gasteiger partial charge in [0.2, 0.25) is 0 Å². The molecule has 8 heteroatoms. The first-order valence-electron chi connectivity index (χ1n) is 11.2. The summed E-state index contributed by atoms with van der Waals surface area (Å²) in [7, 11) is 1.38. The van der Waals surface area contributed by atoms with Gasteiger partial charge in [-0.25, -0.2) is 4.79 Å². The number of carboxylic acids is 1. The van der Waals surface area contributed by atoms with Crippen LogP contribution in [0.1, 0.15) is 59.8 Å². The minimum absolute atomic E-state index is 0.175. The summed E-state index contributed by atoms with van der Waals surface area (Å²) in [6, 6.07) is 0. The van der Waals surface area contributed by atoms with E-state index in [0.29, 0.717) is 12.0 Å². The van der Waals surface area contributed by atoms with E-state index in [0.717, 1.165) is 19.3 Å². The van der Waals surface area contributed by atoms with E-state index >= 15 is 0 Å². The van der Waals surface area contributed by atoms with Crippen molar-refractivity contribution in [2.24, 2.45) is 17.8 Å². The van der Waals surface area contributed by atoms with E-state index in [1.165, 1.54) is 13.2 Å². The number of carboxylic acid groups (broad SMARTS) is 1. The third kappa shape index (κ3) is 8.84. The molecule has 7 atom stereocenters. The van der Waals surface area contributed by atoms with Crippen LogP contribution in [0.2, 0.25) is 0 Å². The van der Waals surface area contributed by atoms with Crippen LogP contribution in [-0.2, 0) is 23.9 Å². The first-order chi connectivity index (χ1) is 15.0. The Labute approximate surface area is 190 Å². The summed E-state index contributed by atoms with van der Waals surface area (Å²) in [5.74, 6) is -3.09. The zero-order valence-corrected chi connectivity index (χ0v) is 19.7. The maximum atomic E-state index is 12.8. The molecule has 8 nitrogen and oxygen atoms in total. The number of aliphatic hydroxyl groups is 2. The number of cyclic esters (lactones) is 1. The molecule has 0 aromatic carbocycles. The van der Waals surface area contributed by atoms with E-state index in [1.807, 2.05) is 6.92 Å². The molecule has 182 valence electrons. The molecule has 0 radical (unpaired) electrons. The monoisotopic (exact) mass is 454 g/mol. The molecule has 0 saturated carbocycles. The topological polar surface area (TPSA) is 130 Å².